The molecule has 0 amide bonds. The van der Waals surface area contributed by atoms with Crippen molar-refractivity contribution >= 4 is 0 Å². The van der Waals surface area contributed by atoms with Crippen molar-refractivity contribution in [1.29, 1.82) is 0 Å². The summed E-state index contributed by atoms with van der Waals surface area (Å²) >= 11 is 0. The van der Waals surface area contributed by atoms with Gasteiger partial charge in [0.25, 0.3) is 0 Å². The second kappa shape index (κ2) is 5.68. The van der Waals surface area contributed by atoms with Gasteiger partial charge in [0.2, 0.25) is 0 Å². The van der Waals surface area contributed by atoms with Gasteiger partial charge in [-0.3, -0.25) is 0 Å². The van der Waals surface area contributed by atoms with E-state index in [4.69, 9.17) is 9.47 Å². The Labute approximate surface area is 105 Å². The number of methoxy groups -OCH3 is 2. The first kappa shape index (κ1) is 13.3. The highest BCUT2D eigenvalue weighted by Crippen LogP contribution is 2.61. The maximum atomic E-state index is 5.46. The van der Waals surface area contributed by atoms with Crippen LogP contribution in [-0.4, -0.2) is 40.0 Å². The number of hydrogen-bond donors (Lipinski definition) is 1. The fourth-order valence-corrected chi connectivity index (χ4v) is 3.61. The normalized spacial score (nSPS) is 36.9. The Bertz CT molecular complexity index is 234. The van der Waals surface area contributed by atoms with Gasteiger partial charge in [-0.05, 0) is 49.9 Å². The number of ether oxygens (including phenoxy) is 2. The Kier molecular flexibility index (Phi) is 4.45. The van der Waals surface area contributed by atoms with Crippen molar-refractivity contribution in [1.82, 2.24) is 5.32 Å². The molecule has 3 atom stereocenters. The van der Waals surface area contributed by atoms with Crippen LogP contribution in [0, 0.1) is 17.3 Å². The highest BCUT2D eigenvalue weighted by atomic mass is 16.5. The quantitative estimate of drug-likeness (QED) is 0.660. The van der Waals surface area contributed by atoms with E-state index in [1.54, 1.807) is 7.11 Å². The molecule has 3 unspecified atom stereocenters. The van der Waals surface area contributed by atoms with Crippen LogP contribution in [-0.2, 0) is 9.47 Å². The molecule has 0 radical (unpaired) electrons. The van der Waals surface area contributed by atoms with E-state index in [1.165, 1.54) is 25.7 Å². The lowest BCUT2D eigenvalue weighted by atomic mass is 9.78. The van der Waals surface area contributed by atoms with Crippen LogP contribution in [0.3, 0.4) is 0 Å². The molecule has 2 aliphatic carbocycles. The van der Waals surface area contributed by atoms with Crippen molar-refractivity contribution in [2.24, 2.45) is 17.3 Å². The standard InChI is InChI=1S/C14H27NO2/c1-11(17-3)7-14(10-15-4-5-16-2)8-12-6-13(12)9-14/h11-13,15H,4-10H2,1-3H3. The summed E-state index contributed by atoms with van der Waals surface area (Å²) in [6.07, 6.45) is 5.89. The predicted octanol–water partition coefficient (Wildman–Crippen LogP) is 2.06. The van der Waals surface area contributed by atoms with Crippen LogP contribution in [0.5, 0.6) is 0 Å². The summed E-state index contributed by atoms with van der Waals surface area (Å²) in [6.45, 7) is 5.11. The first-order valence-electron chi connectivity index (χ1n) is 6.91. The topological polar surface area (TPSA) is 30.5 Å². The molecule has 0 aliphatic heterocycles. The predicted molar refractivity (Wildman–Crippen MR) is 69.1 cm³/mol. The molecule has 2 saturated carbocycles. The first-order chi connectivity index (χ1) is 8.19. The lowest BCUT2D eigenvalue weighted by Crippen LogP contribution is -2.37. The minimum atomic E-state index is 0.386. The van der Waals surface area contributed by atoms with Crippen molar-refractivity contribution in [3.05, 3.63) is 0 Å². The molecule has 1 N–H and O–H groups in total. The minimum absolute atomic E-state index is 0.386. The minimum Gasteiger partial charge on any atom is -0.383 e. The summed E-state index contributed by atoms with van der Waals surface area (Å²) in [5, 5.41) is 3.56. The van der Waals surface area contributed by atoms with Crippen LogP contribution in [0.25, 0.3) is 0 Å². The van der Waals surface area contributed by atoms with E-state index in [0.29, 0.717) is 11.5 Å². The van der Waals surface area contributed by atoms with E-state index in [0.717, 1.165) is 31.5 Å². The summed E-state index contributed by atoms with van der Waals surface area (Å²) in [7, 11) is 3.58. The molecule has 2 aliphatic rings. The van der Waals surface area contributed by atoms with E-state index in [1.807, 2.05) is 7.11 Å². The number of fused-ring (bicyclic) bond motifs is 1. The van der Waals surface area contributed by atoms with Crippen molar-refractivity contribution < 1.29 is 9.47 Å². The zero-order valence-corrected chi connectivity index (χ0v) is 11.5. The van der Waals surface area contributed by atoms with Crippen LogP contribution in [0.15, 0.2) is 0 Å². The highest BCUT2D eigenvalue weighted by Gasteiger charge is 2.53. The van der Waals surface area contributed by atoms with Crippen LogP contribution >= 0.6 is 0 Å². The summed E-state index contributed by atoms with van der Waals surface area (Å²) in [5.74, 6) is 2.06. The summed E-state index contributed by atoms with van der Waals surface area (Å²) in [5.41, 5.74) is 0.497. The fraction of sp³-hybridized carbons (Fsp3) is 1.00. The number of hydrogen-bond acceptors (Lipinski definition) is 3. The molecule has 3 nitrogen and oxygen atoms in total. The van der Waals surface area contributed by atoms with Crippen LogP contribution in [0.2, 0.25) is 0 Å². The molecule has 0 saturated heterocycles. The molecule has 17 heavy (non-hydrogen) atoms. The Morgan fingerprint density at radius 1 is 1.29 bits per heavy atom. The first-order valence-corrected chi connectivity index (χ1v) is 6.91. The van der Waals surface area contributed by atoms with Gasteiger partial charge >= 0.3 is 0 Å². The van der Waals surface area contributed by atoms with E-state index in [9.17, 15) is 0 Å². The van der Waals surface area contributed by atoms with Crippen LogP contribution in [0.1, 0.15) is 32.6 Å². The molecule has 2 fully saturated rings. The van der Waals surface area contributed by atoms with Gasteiger partial charge in [0, 0.05) is 27.3 Å². The van der Waals surface area contributed by atoms with E-state index in [2.05, 4.69) is 12.2 Å². The zero-order valence-electron chi connectivity index (χ0n) is 11.5. The maximum Gasteiger partial charge on any atom is 0.0587 e. The van der Waals surface area contributed by atoms with Crippen LogP contribution < -0.4 is 5.32 Å². The van der Waals surface area contributed by atoms with Gasteiger partial charge in [0.15, 0.2) is 0 Å². The van der Waals surface area contributed by atoms with E-state index >= 15 is 0 Å². The second-order valence-corrected chi connectivity index (χ2v) is 6.08. The van der Waals surface area contributed by atoms with Crippen molar-refractivity contribution in [2.75, 3.05) is 33.9 Å². The van der Waals surface area contributed by atoms with Crippen molar-refractivity contribution in [2.45, 2.75) is 38.7 Å². The Morgan fingerprint density at radius 2 is 2.00 bits per heavy atom. The lowest BCUT2D eigenvalue weighted by Gasteiger charge is -2.33. The zero-order chi connectivity index (χ0) is 12.3. The van der Waals surface area contributed by atoms with Crippen LogP contribution in [0.4, 0.5) is 0 Å². The van der Waals surface area contributed by atoms with Gasteiger partial charge < -0.3 is 14.8 Å². The maximum absolute atomic E-state index is 5.46. The average Bonchev–Trinajstić information content (AvgIpc) is 2.93. The van der Waals surface area contributed by atoms with Gasteiger partial charge in [-0.2, -0.15) is 0 Å². The molecular formula is C14H27NO2. The molecule has 0 heterocycles. The monoisotopic (exact) mass is 241 g/mol. The third-order valence-electron chi connectivity index (χ3n) is 4.57. The van der Waals surface area contributed by atoms with Gasteiger partial charge in [-0.1, -0.05) is 0 Å². The second-order valence-electron chi connectivity index (χ2n) is 6.08. The summed E-state index contributed by atoms with van der Waals surface area (Å²) < 4.78 is 10.5. The third-order valence-corrected chi connectivity index (χ3v) is 4.57. The third kappa shape index (κ3) is 3.43. The Hall–Kier alpha value is -0.120. The van der Waals surface area contributed by atoms with Crippen molar-refractivity contribution in [3.63, 3.8) is 0 Å². The van der Waals surface area contributed by atoms with E-state index < -0.39 is 0 Å². The molecule has 0 aromatic heterocycles. The summed E-state index contributed by atoms with van der Waals surface area (Å²) in [4.78, 5) is 0. The van der Waals surface area contributed by atoms with E-state index in [-0.39, 0.29) is 0 Å². The molecule has 0 spiro atoms. The Balaban J connectivity index is 1.80. The van der Waals surface area contributed by atoms with Gasteiger partial charge in [0.05, 0.1) is 12.7 Å². The van der Waals surface area contributed by atoms with Gasteiger partial charge in [-0.25, -0.2) is 0 Å². The molecule has 0 bridgehead atoms. The molecule has 100 valence electrons. The molecule has 3 heteroatoms. The molecule has 0 aromatic rings. The Morgan fingerprint density at radius 3 is 2.59 bits per heavy atom. The lowest BCUT2D eigenvalue weighted by molar-refractivity contribution is 0.0592. The number of nitrogens with one attached hydrogen (secondary N) is 1. The van der Waals surface area contributed by atoms with Crippen molar-refractivity contribution in [3.8, 4) is 0 Å². The SMILES string of the molecule is COCCNCC1(CC(C)OC)CC2CC2C1. The van der Waals surface area contributed by atoms with Gasteiger partial charge in [0.1, 0.15) is 0 Å². The highest BCUT2D eigenvalue weighted by molar-refractivity contribution is 5.04. The summed E-state index contributed by atoms with van der Waals surface area (Å²) in [6, 6.07) is 0. The molecule has 0 aromatic carbocycles. The fourth-order valence-electron chi connectivity index (χ4n) is 3.61. The van der Waals surface area contributed by atoms with Gasteiger partial charge in [-0.15, -0.1) is 0 Å². The molecule has 2 rings (SSSR count). The smallest absolute Gasteiger partial charge is 0.0587 e. The molecular weight excluding hydrogens is 214 g/mol. The number of rotatable bonds is 8. The average molecular weight is 241 g/mol. The largest absolute Gasteiger partial charge is 0.383 e.